The van der Waals surface area contributed by atoms with E-state index in [0.29, 0.717) is 6.42 Å². The zero-order valence-corrected chi connectivity index (χ0v) is 8.84. The molecule has 0 unspecified atom stereocenters. The number of amides is 1. The molecule has 82 valence electrons. The van der Waals surface area contributed by atoms with Gasteiger partial charge in [-0.15, -0.1) is 0 Å². The van der Waals surface area contributed by atoms with E-state index in [9.17, 15) is 9.59 Å². The van der Waals surface area contributed by atoms with Gasteiger partial charge in [0.05, 0.1) is 7.11 Å². The lowest BCUT2D eigenvalue weighted by Gasteiger charge is -2.14. The van der Waals surface area contributed by atoms with E-state index in [2.05, 4.69) is 15.8 Å². The minimum absolute atomic E-state index is 0.139. The van der Waals surface area contributed by atoms with E-state index >= 15 is 0 Å². The van der Waals surface area contributed by atoms with Crippen LogP contribution in [0.3, 0.4) is 0 Å². The molecule has 0 spiro atoms. The number of unbranched alkanes of at least 4 members (excludes halogenated alkanes) is 1. The average Bonchev–Trinajstić information content (AvgIpc) is 2.22. The second kappa shape index (κ2) is 7.32. The fourth-order valence-electron chi connectivity index (χ4n) is 1.07. The van der Waals surface area contributed by atoms with Gasteiger partial charge in [0.25, 0.3) is 5.91 Å². The standard InChI is InChI=1S/C9H18N2O3/c1-3-4-5-7(9(13)14-2)11-8(12)6-10/h7H,3-6,10H2,1-2H3,(H,11,12)/p+1/t7-/m0/s1. The van der Waals surface area contributed by atoms with Crippen molar-refractivity contribution in [3.8, 4) is 0 Å². The van der Waals surface area contributed by atoms with E-state index in [0.717, 1.165) is 12.8 Å². The Morgan fingerprint density at radius 2 is 2.14 bits per heavy atom. The fraction of sp³-hybridized carbons (Fsp3) is 0.778. The van der Waals surface area contributed by atoms with Crippen molar-refractivity contribution < 1.29 is 20.1 Å². The van der Waals surface area contributed by atoms with Crippen LogP contribution in [-0.4, -0.2) is 31.6 Å². The third kappa shape index (κ3) is 4.81. The maximum atomic E-state index is 11.2. The Balaban J connectivity index is 4.09. The predicted octanol–water partition coefficient (Wildman–Crippen LogP) is -0.924. The van der Waals surface area contributed by atoms with Crippen LogP contribution in [0.25, 0.3) is 0 Å². The number of nitrogens with one attached hydrogen (secondary N) is 1. The summed E-state index contributed by atoms with van der Waals surface area (Å²) >= 11 is 0. The summed E-state index contributed by atoms with van der Waals surface area (Å²) in [5, 5.41) is 2.58. The van der Waals surface area contributed by atoms with Gasteiger partial charge in [0.15, 0.2) is 6.54 Å². The molecule has 0 bridgehead atoms. The molecule has 0 aliphatic carbocycles. The molecule has 14 heavy (non-hydrogen) atoms. The summed E-state index contributed by atoms with van der Waals surface area (Å²) in [6, 6.07) is -0.519. The number of quaternary nitrogens is 1. The van der Waals surface area contributed by atoms with Gasteiger partial charge in [-0.1, -0.05) is 19.8 Å². The first-order valence-electron chi connectivity index (χ1n) is 4.82. The van der Waals surface area contributed by atoms with Crippen molar-refractivity contribution in [2.24, 2.45) is 0 Å². The first kappa shape index (κ1) is 12.9. The summed E-state index contributed by atoms with van der Waals surface area (Å²) in [7, 11) is 1.32. The van der Waals surface area contributed by atoms with Crippen molar-refractivity contribution in [3.63, 3.8) is 0 Å². The Bertz CT molecular complexity index is 194. The van der Waals surface area contributed by atoms with E-state index in [-0.39, 0.29) is 18.4 Å². The third-order valence-electron chi connectivity index (χ3n) is 1.89. The number of rotatable bonds is 6. The van der Waals surface area contributed by atoms with Crippen LogP contribution in [-0.2, 0) is 14.3 Å². The molecule has 1 atom stereocenters. The van der Waals surface area contributed by atoms with Gasteiger partial charge in [-0.3, -0.25) is 4.79 Å². The lowest BCUT2D eigenvalue weighted by molar-refractivity contribution is -0.355. The first-order valence-corrected chi connectivity index (χ1v) is 4.82. The minimum Gasteiger partial charge on any atom is -0.467 e. The summed E-state index contributed by atoms with van der Waals surface area (Å²) in [6.07, 6.45) is 2.49. The highest BCUT2D eigenvalue weighted by molar-refractivity contribution is 5.84. The van der Waals surface area contributed by atoms with E-state index in [4.69, 9.17) is 0 Å². The highest BCUT2D eigenvalue weighted by Crippen LogP contribution is 2.02. The number of carbonyl (C=O) groups excluding carboxylic acids is 2. The molecule has 0 saturated heterocycles. The lowest BCUT2D eigenvalue weighted by Crippen LogP contribution is -2.59. The van der Waals surface area contributed by atoms with Gasteiger partial charge >= 0.3 is 5.97 Å². The van der Waals surface area contributed by atoms with Gasteiger partial charge in [-0.25, -0.2) is 4.79 Å². The molecule has 0 aliphatic rings. The molecule has 0 aromatic carbocycles. The van der Waals surface area contributed by atoms with Crippen molar-refractivity contribution in [3.05, 3.63) is 0 Å². The summed E-state index contributed by atoms with van der Waals surface area (Å²) in [5.41, 5.74) is 3.44. The van der Waals surface area contributed by atoms with Crippen molar-refractivity contribution in [1.29, 1.82) is 0 Å². The highest BCUT2D eigenvalue weighted by Gasteiger charge is 2.20. The number of esters is 1. The normalized spacial score (nSPS) is 11.9. The van der Waals surface area contributed by atoms with Gasteiger partial charge in [0, 0.05) is 0 Å². The van der Waals surface area contributed by atoms with E-state index in [1.807, 2.05) is 6.92 Å². The van der Waals surface area contributed by atoms with Crippen LogP contribution in [0.5, 0.6) is 0 Å². The fourth-order valence-corrected chi connectivity index (χ4v) is 1.07. The Labute approximate surface area is 84.0 Å². The van der Waals surface area contributed by atoms with Gasteiger partial charge in [-0.05, 0) is 6.42 Å². The van der Waals surface area contributed by atoms with Crippen molar-refractivity contribution in [2.75, 3.05) is 13.7 Å². The summed E-state index contributed by atoms with van der Waals surface area (Å²) in [4.78, 5) is 22.2. The smallest absolute Gasteiger partial charge is 0.328 e. The maximum Gasteiger partial charge on any atom is 0.328 e. The molecular weight excluding hydrogens is 184 g/mol. The van der Waals surface area contributed by atoms with Crippen LogP contribution in [0.4, 0.5) is 0 Å². The molecule has 0 heterocycles. The molecule has 0 fully saturated rings. The van der Waals surface area contributed by atoms with Gasteiger partial charge in [0.2, 0.25) is 0 Å². The van der Waals surface area contributed by atoms with Gasteiger partial charge < -0.3 is 15.8 Å². The monoisotopic (exact) mass is 203 g/mol. The second-order valence-electron chi connectivity index (χ2n) is 3.04. The molecule has 5 nitrogen and oxygen atoms in total. The molecule has 0 rings (SSSR count). The van der Waals surface area contributed by atoms with Gasteiger partial charge in [-0.2, -0.15) is 0 Å². The van der Waals surface area contributed by atoms with Crippen molar-refractivity contribution in [2.45, 2.75) is 32.2 Å². The molecule has 0 aliphatic heterocycles. The molecular formula is C9H19N2O3+. The molecule has 4 N–H and O–H groups in total. The predicted molar refractivity (Wildman–Crippen MR) is 51.2 cm³/mol. The minimum atomic E-state index is -0.519. The Hall–Kier alpha value is -1.10. The topological polar surface area (TPSA) is 83.0 Å². The van der Waals surface area contributed by atoms with E-state index < -0.39 is 6.04 Å². The largest absolute Gasteiger partial charge is 0.467 e. The van der Waals surface area contributed by atoms with E-state index in [1.165, 1.54) is 7.11 Å². The lowest BCUT2D eigenvalue weighted by atomic mass is 10.1. The number of methoxy groups -OCH3 is 1. The molecule has 0 saturated carbocycles. The van der Waals surface area contributed by atoms with Crippen molar-refractivity contribution in [1.82, 2.24) is 5.32 Å². The van der Waals surface area contributed by atoms with Crippen LogP contribution in [0.2, 0.25) is 0 Å². The molecule has 0 aromatic rings. The third-order valence-corrected chi connectivity index (χ3v) is 1.89. The van der Waals surface area contributed by atoms with Crippen molar-refractivity contribution >= 4 is 11.9 Å². The van der Waals surface area contributed by atoms with Crippen LogP contribution in [0.1, 0.15) is 26.2 Å². The van der Waals surface area contributed by atoms with Crippen LogP contribution in [0, 0.1) is 0 Å². The maximum absolute atomic E-state index is 11.2. The number of hydrogen-bond acceptors (Lipinski definition) is 3. The molecule has 0 radical (unpaired) electrons. The Morgan fingerprint density at radius 3 is 2.57 bits per heavy atom. The van der Waals surface area contributed by atoms with Crippen LogP contribution < -0.4 is 11.1 Å². The van der Waals surface area contributed by atoms with Crippen LogP contribution >= 0.6 is 0 Å². The highest BCUT2D eigenvalue weighted by atomic mass is 16.5. The number of carbonyl (C=O) groups is 2. The zero-order valence-electron chi connectivity index (χ0n) is 8.84. The Morgan fingerprint density at radius 1 is 1.50 bits per heavy atom. The summed E-state index contributed by atoms with van der Waals surface area (Å²) < 4.78 is 4.58. The molecule has 0 aromatic heterocycles. The number of hydrogen-bond donors (Lipinski definition) is 2. The molecule has 5 heteroatoms. The van der Waals surface area contributed by atoms with Gasteiger partial charge in [0.1, 0.15) is 6.04 Å². The van der Waals surface area contributed by atoms with E-state index in [1.54, 1.807) is 0 Å². The van der Waals surface area contributed by atoms with Crippen LogP contribution in [0.15, 0.2) is 0 Å². The molecule has 1 amide bonds. The summed E-state index contributed by atoms with van der Waals surface area (Å²) in [5.74, 6) is -0.614. The average molecular weight is 203 g/mol. The second-order valence-corrected chi connectivity index (χ2v) is 3.04. The first-order chi connectivity index (χ1) is 6.65. The zero-order chi connectivity index (χ0) is 11.0. The quantitative estimate of drug-likeness (QED) is 0.547. The Kier molecular flexibility index (Phi) is 6.74. The number of ether oxygens (including phenoxy) is 1. The summed E-state index contributed by atoms with van der Waals surface area (Å²) in [6.45, 7) is 2.16. The SMILES string of the molecule is CCCC[C@H](NC(=O)C[NH3+])C(=O)OC.